The fraction of sp³-hybridized carbons (Fsp3) is 0.133. The Morgan fingerprint density at radius 3 is 2.81 bits per heavy atom. The van der Waals surface area contributed by atoms with Gasteiger partial charge in [0.05, 0.1) is 18.2 Å². The number of rotatable bonds is 4. The Balaban J connectivity index is 2.02. The van der Waals surface area contributed by atoms with E-state index in [0.717, 1.165) is 0 Å². The van der Waals surface area contributed by atoms with Crippen LogP contribution < -0.4 is 15.2 Å². The summed E-state index contributed by atoms with van der Waals surface area (Å²) in [5, 5.41) is 12.2. The van der Waals surface area contributed by atoms with Crippen LogP contribution in [0.2, 0.25) is 0 Å². The van der Waals surface area contributed by atoms with Crippen molar-refractivity contribution < 1.29 is 22.7 Å². The number of ether oxygens (including phenoxy) is 2. The molecule has 10 nitrogen and oxygen atoms in total. The number of hydrogen-bond donors (Lipinski definition) is 2. The second-order valence-electron chi connectivity index (χ2n) is 5.27. The molecule has 0 aliphatic carbocycles. The predicted octanol–water partition coefficient (Wildman–Crippen LogP) is 1.57. The van der Waals surface area contributed by atoms with Gasteiger partial charge in [-0.3, -0.25) is 0 Å². The molecule has 3 rings (SSSR count). The van der Waals surface area contributed by atoms with Gasteiger partial charge in [-0.1, -0.05) is 6.07 Å². The van der Waals surface area contributed by atoms with Crippen LogP contribution in [0, 0.1) is 6.92 Å². The summed E-state index contributed by atoms with van der Waals surface area (Å²) >= 11 is 0. The van der Waals surface area contributed by atoms with Gasteiger partial charge in [-0.05, 0) is 25.1 Å². The molecule has 0 saturated carbocycles. The number of aromatic nitrogens is 3. The van der Waals surface area contributed by atoms with Crippen LogP contribution in [0.1, 0.15) is 5.56 Å². The molecule has 0 bridgehead atoms. The molecule has 3 aromatic rings. The quantitative estimate of drug-likeness (QED) is 0.654. The van der Waals surface area contributed by atoms with Crippen molar-refractivity contribution in [2.24, 2.45) is 5.14 Å². The van der Waals surface area contributed by atoms with E-state index in [-0.39, 0.29) is 10.6 Å². The molecule has 2 aromatic heterocycles. The standard InChI is InChI=1S/C15H15N5O5S/c1-9-12(25-15(21)24-2)7-20-13(9)14(17-8-18-20)19-10-4-3-5-11(6-10)26(16,22)23/h3-8H,1-2H3,(H2,16,22,23)(H,17,18,19). The third-order valence-corrected chi connectivity index (χ3v) is 4.48. The molecule has 1 aromatic carbocycles. The number of hydrogen-bond acceptors (Lipinski definition) is 8. The van der Waals surface area contributed by atoms with Crippen molar-refractivity contribution in [1.82, 2.24) is 14.6 Å². The third kappa shape index (κ3) is 3.43. The molecule has 26 heavy (non-hydrogen) atoms. The monoisotopic (exact) mass is 377 g/mol. The molecule has 0 fully saturated rings. The summed E-state index contributed by atoms with van der Waals surface area (Å²) in [6.07, 6.45) is 1.96. The van der Waals surface area contributed by atoms with E-state index in [4.69, 9.17) is 9.88 Å². The molecular weight excluding hydrogens is 362 g/mol. The number of carbonyl (C=O) groups excluding carboxylic acids is 1. The van der Waals surface area contributed by atoms with Gasteiger partial charge in [0.1, 0.15) is 11.8 Å². The Kier molecular flexibility index (Phi) is 4.49. The van der Waals surface area contributed by atoms with Crippen LogP contribution in [-0.4, -0.2) is 36.3 Å². The summed E-state index contributed by atoms with van der Waals surface area (Å²) in [6.45, 7) is 1.73. The van der Waals surface area contributed by atoms with E-state index in [1.807, 2.05) is 0 Å². The first-order chi connectivity index (χ1) is 12.3. The number of nitrogens with zero attached hydrogens (tertiary/aromatic N) is 3. The molecule has 0 spiro atoms. The summed E-state index contributed by atoms with van der Waals surface area (Å²) < 4.78 is 34.0. The van der Waals surface area contributed by atoms with E-state index in [0.29, 0.717) is 22.6 Å². The summed E-state index contributed by atoms with van der Waals surface area (Å²) in [5.41, 5.74) is 1.61. The number of fused-ring (bicyclic) bond motifs is 1. The van der Waals surface area contributed by atoms with Gasteiger partial charge >= 0.3 is 6.16 Å². The molecule has 11 heteroatoms. The second-order valence-corrected chi connectivity index (χ2v) is 6.84. The Labute approximate surface area is 148 Å². The number of primary sulfonamides is 1. The van der Waals surface area contributed by atoms with E-state index >= 15 is 0 Å². The Bertz CT molecular complexity index is 1090. The lowest BCUT2D eigenvalue weighted by Crippen LogP contribution is -2.12. The molecule has 0 aliphatic heterocycles. The third-order valence-electron chi connectivity index (χ3n) is 3.57. The van der Waals surface area contributed by atoms with E-state index < -0.39 is 16.2 Å². The van der Waals surface area contributed by atoms with Crippen molar-refractivity contribution >= 4 is 33.2 Å². The SMILES string of the molecule is COC(=O)Oc1cn2ncnc(Nc3cccc(S(N)(=O)=O)c3)c2c1C. The topological polar surface area (TPSA) is 138 Å². The van der Waals surface area contributed by atoms with Crippen molar-refractivity contribution in [3.63, 3.8) is 0 Å². The van der Waals surface area contributed by atoms with Crippen LogP contribution in [0.25, 0.3) is 5.52 Å². The van der Waals surface area contributed by atoms with Crippen molar-refractivity contribution in [1.29, 1.82) is 0 Å². The number of methoxy groups -OCH3 is 1. The van der Waals surface area contributed by atoms with Crippen molar-refractivity contribution in [2.45, 2.75) is 11.8 Å². The molecule has 0 amide bonds. The van der Waals surface area contributed by atoms with E-state index in [2.05, 4.69) is 20.1 Å². The Morgan fingerprint density at radius 1 is 1.35 bits per heavy atom. The van der Waals surface area contributed by atoms with Crippen LogP contribution in [0.3, 0.4) is 0 Å². The first-order valence-corrected chi connectivity index (χ1v) is 8.83. The molecule has 0 atom stereocenters. The molecule has 0 unspecified atom stereocenters. The number of sulfonamides is 1. The molecule has 2 heterocycles. The van der Waals surface area contributed by atoms with Crippen LogP contribution >= 0.6 is 0 Å². The van der Waals surface area contributed by atoms with E-state index in [9.17, 15) is 13.2 Å². The number of nitrogens with one attached hydrogen (secondary N) is 1. The number of anilines is 2. The molecule has 0 radical (unpaired) electrons. The summed E-state index contributed by atoms with van der Waals surface area (Å²) in [7, 11) is -2.62. The number of benzene rings is 1. The summed E-state index contributed by atoms with van der Waals surface area (Å²) in [5.74, 6) is 0.655. The average molecular weight is 377 g/mol. The van der Waals surface area contributed by atoms with E-state index in [1.54, 1.807) is 19.1 Å². The number of carbonyl (C=O) groups is 1. The largest absolute Gasteiger partial charge is 0.513 e. The van der Waals surface area contributed by atoms with Gasteiger partial charge in [0.25, 0.3) is 0 Å². The first kappa shape index (κ1) is 17.6. The van der Waals surface area contributed by atoms with Gasteiger partial charge in [0.2, 0.25) is 10.0 Å². The predicted molar refractivity (Wildman–Crippen MR) is 91.9 cm³/mol. The van der Waals surface area contributed by atoms with Crippen LogP contribution in [0.4, 0.5) is 16.3 Å². The Hall–Kier alpha value is -3.18. The Morgan fingerprint density at radius 2 is 2.12 bits per heavy atom. The lowest BCUT2D eigenvalue weighted by atomic mass is 10.2. The lowest BCUT2D eigenvalue weighted by Gasteiger charge is -2.09. The molecule has 0 aliphatic rings. The number of nitrogens with two attached hydrogens (primary N) is 1. The zero-order valence-corrected chi connectivity index (χ0v) is 14.6. The van der Waals surface area contributed by atoms with Crippen LogP contribution in [0.5, 0.6) is 5.75 Å². The highest BCUT2D eigenvalue weighted by molar-refractivity contribution is 7.89. The van der Waals surface area contributed by atoms with Crippen molar-refractivity contribution in [2.75, 3.05) is 12.4 Å². The smallest absolute Gasteiger partial charge is 0.437 e. The minimum atomic E-state index is -3.83. The lowest BCUT2D eigenvalue weighted by molar-refractivity contribution is 0.121. The fourth-order valence-electron chi connectivity index (χ4n) is 2.35. The molecular formula is C15H15N5O5S. The molecule has 136 valence electrons. The van der Waals surface area contributed by atoms with Gasteiger partial charge in [-0.25, -0.2) is 27.9 Å². The number of aryl methyl sites for hydroxylation is 1. The van der Waals surface area contributed by atoms with Gasteiger partial charge < -0.3 is 14.8 Å². The second kappa shape index (κ2) is 6.61. The maximum atomic E-state index is 11.5. The zero-order valence-electron chi connectivity index (χ0n) is 13.8. The van der Waals surface area contributed by atoms with Crippen LogP contribution in [0.15, 0.2) is 41.7 Å². The van der Waals surface area contributed by atoms with Gasteiger partial charge in [0.15, 0.2) is 11.6 Å². The van der Waals surface area contributed by atoms with Gasteiger partial charge in [-0.2, -0.15) is 5.10 Å². The normalized spacial score (nSPS) is 11.3. The minimum absolute atomic E-state index is 0.0330. The van der Waals surface area contributed by atoms with Gasteiger partial charge in [0, 0.05) is 11.3 Å². The average Bonchev–Trinajstić information content (AvgIpc) is 2.91. The van der Waals surface area contributed by atoms with Crippen molar-refractivity contribution in [3.8, 4) is 5.75 Å². The maximum Gasteiger partial charge on any atom is 0.513 e. The molecule has 0 saturated heterocycles. The summed E-state index contributed by atoms with van der Waals surface area (Å²) in [4.78, 5) is 15.5. The summed E-state index contributed by atoms with van der Waals surface area (Å²) in [6, 6.07) is 5.99. The highest BCUT2D eigenvalue weighted by Gasteiger charge is 2.17. The fourth-order valence-corrected chi connectivity index (χ4v) is 2.91. The van der Waals surface area contributed by atoms with E-state index in [1.165, 1.54) is 36.3 Å². The van der Waals surface area contributed by atoms with Crippen LogP contribution in [-0.2, 0) is 14.8 Å². The zero-order chi connectivity index (χ0) is 18.9. The maximum absolute atomic E-state index is 11.5. The van der Waals surface area contributed by atoms with Crippen molar-refractivity contribution in [3.05, 3.63) is 42.4 Å². The van der Waals surface area contributed by atoms with Gasteiger partial charge in [-0.15, -0.1) is 0 Å². The highest BCUT2D eigenvalue weighted by atomic mass is 32.2. The first-order valence-electron chi connectivity index (χ1n) is 7.28. The molecule has 3 N–H and O–H groups in total. The minimum Gasteiger partial charge on any atom is -0.437 e. The highest BCUT2D eigenvalue weighted by Crippen LogP contribution is 2.30.